The van der Waals surface area contributed by atoms with Crippen LogP contribution < -0.4 is 5.32 Å². The Balaban J connectivity index is 2.95. The lowest BCUT2D eigenvalue weighted by molar-refractivity contribution is -0.174. The number of nitrogens with zero attached hydrogens (tertiary/aromatic N) is 1. The van der Waals surface area contributed by atoms with Crippen molar-refractivity contribution < 1.29 is 31.1 Å². The number of ether oxygens (including phenoxy) is 1. The summed E-state index contributed by atoms with van der Waals surface area (Å²) in [5, 5.41) is 2.50. The number of hydrogen-bond acceptors (Lipinski definition) is 4. The molecule has 0 heterocycles. The van der Waals surface area contributed by atoms with Gasteiger partial charge in [-0.05, 0) is 44.0 Å². The summed E-state index contributed by atoms with van der Waals surface area (Å²) in [6.07, 6.45) is -4.44. The molecule has 0 saturated heterocycles. The largest absolute Gasteiger partial charge is 0.411 e. The number of nitrogens with one attached hydrogen (secondary N) is 1. The second kappa shape index (κ2) is 8.36. The molecule has 0 fully saturated rings. The van der Waals surface area contributed by atoms with Gasteiger partial charge in [0.1, 0.15) is 6.61 Å². The molecule has 0 radical (unpaired) electrons. The molecule has 0 aromatic heterocycles. The Hall–Kier alpha value is -1.65. The first-order chi connectivity index (χ1) is 11.8. The molecule has 0 aliphatic rings. The summed E-state index contributed by atoms with van der Waals surface area (Å²) in [6, 6.07) is 2.11. The van der Waals surface area contributed by atoms with E-state index < -0.39 is 34.8 Å². The minimum Gasteiger partial charge on any atom is -0.370 e. The Morgan fingerprint density at radius 2 is 1.85 bits per heavy atom. The van der Waals surface area contributed by atoms with Gasteiger partial charge in [0, 0.05) is 25.7 Å². The first kappa shape index (κ1) is 22.4. The molecule has 1 aromatic carbocycles. The fraction of sp³-hybridized carbons (Fsp3) is 0.562. The van der Waals surface area contributed by atoms with Gasteiger partial charge >= 0.3 is 6.18 Å². The molecule has 0 aliphatic carbocycles. The average molecular weight is 396 g/mol. The second-order valence-corrected chi connectivity index (χ2v) is 8.33. The molecule has 0 aliphatic heterocycles. The lowest BCUT2D eigenvalue weighted by Crippen LogP contribution is -2.37. The predicted octanol–water partition coefficient (Wildman–Crippen LogP) is 2.25. The van der Waals surface area contributed by atoms with Crippen LogP contribution in [0.4, 0.5) is 13.2 Å². The van der Waals surface area contributed by atoms with Crippen molar-refractivity contribution >= 4 is 15.9 Å². The van der Waals surface area contributed by atoms with Crippen LogP contribution in [0.3, 0.4) is 0 Å². The molecule has 10 heteroatoms. The molecule has 1 aromatic rings. The average Bonchev–Trinajstić information content (AvgIpc) is 2.47. The highest BCUT2D eigenvalue weighted by molar-refractivity contribution is 7.89. The van der Waals surface area contributed by atoms with Crippen LogP contribution in [-0.4, -0.2) is 58.2 Å². The zero-order chi connectivity index (χ0) is 20.3. The van der Waals surface area contributed by atoms with Crippen molar-refractivity contribution in [3.63, 3.8) is 0 Å². The summed E-state index contributed by atoms with van der Waals surface area (Å²) in [5.41, 5.74) is 1.24. The van der Waals surface area contributed by atoms with Gasteiger partial charge in [0.05, 0.1) is 11.5 Å². The van der Waals surface area contributed by atoms with Crippen molar-refractivity contribution in [3.8, 4) is 0 Å². The van der Waals surface area contributed by atoms with Crippen molar-refractivity contribution in [2.75, 3.05) is 27.3 Å². The number of alkyl halides is 3. The lowest BCUT2D eigenvalue weighted by Gasteiger charge is -2.18. The van der Waals surface area contributed by atoms with E-state index in [-0.39, 0.29) is 17.1 Å². The molecule has 1 amide bonds. The second-order valence-electron chi connectivity index (χ2n) is 6.21. The maximum Gasteiger partial charge on any atom is 0.411 e. The maximum atomic E-state index is 12.4. The Kier molecular flexibility index (Phi) is 7.20. The van der Waals surface area contributed by atoms with E-state index in [9.17, 15) is 26.4 Å². The van der Waals surface area contributed by atoms with Gasteiger partial charge in [0.25, 0.3) is 5.91 Å². The van der Waals surface area contributed by atoms with Crippen molar-refractivity contribution in [2.24, 2.45) is 0 Å². The van der Waals surface area contributed by atoms with Crippen LogP contribution in [0, 0.1) is 13.8 Å². The highest BCUT2D eigenvalue weighted by atomic mass is 32.2. The van der Waals surface area contributed by atoms with Crippen LogP contribution in [0.15, 0.2) is 17.0 Å². The fourth-order valence-corrected chi connectivity index (χ4v) is 3.34. The highest BCUT2D eigenvalue weighted by Crippen LogP contribution is 2.23. The quantitative estimate of drug-likeness (QED) is 0.767. The molecule has 148 valence electrons. The van der Waals surface area contributed by atoms with Gasteiger partial charge in [-0.3, -0.25) is 4.79 Å². The van der Waals surface area contributed by atoms with Gasteiger partial charge in [-0.15, -0.1) is 0 Å². The third kappa shape index (κ3) is 5.96. The molecule has 1 rings (SSSR count). The number of carbonyl (C=O) groups is 1. The summed E-state index contributed by atoms with van der Waals surface area (Å²) in [6.45, 7) is 3.09. The summed E-state index contributed by atoms with van der Waals surface area (Å²) < 4.78 is 66.6. The molecule has 0 bridgehead atoms. The Morgan fingerprint density at radius 3 is 2.35 bits per heavy atom. The highest BCUT2D eigenvalue weighted by Gasteiger charge is 2.28. The normalized spacial score (nSPS) is 13.7. The number of benzene rings is 1. The van der Waals surface area contributed by atoms with E-state index in [0.29, 0.717) is 11.1 Å². The molecule has 1 N–H and O–H groups in total. The van der Waals surface area contributed by atoms with Crippen molar-refractivity contribution in [1.82, 2.24) is 9.62 Å². The van der Waals surface area contributed by atoms with Gasteiger partial charge in [-0.25, -0.2) is 12.7 Å². The predicted molar refractivity (Wildman–Crippen MR) is 90.6 cm³/mol. The standard InChI is InChI=1S/C16H23F3N2O4S/c1-10-6-13(7-14(12(10)3)26(23,24)21(4)5)15(22)20-11(2)8-25-9-16(17,18)19/h6-7,11H,8-9H2,1-5H3,(H,20,22). The molecule has 6 nitrogen and oxygen atoms in total. The van der Waals surface area contributed by atoms with E-state index in [0.717, 1.165) is 4.31 Å². The van der Waals surface area contributed by atoms with E-state index in [1.54, 1.807) is 13.8 Å². The monoisotopic (exact) mass is 396 g/mol. The van der Waals surface area contributed by atoms with Crippen LogP contribution in [0.1, 0.15) is 28.4 Å². The number of aryl methyl sites for hydroxylation is 1. The van der Waals surface area contributed by atoms with Gasteiger partial charge in [0.2, 0.25) is 10.0 Å². The van der Waals surface area contributed by atoms with Gasteiger partial charge in [0.15, 0.2) is 0 Å². The summed E-state index contributed by atoms with van der Waals surface area (Å²) in [4.78, 5) is 12.3. The van der Waals surface area contributed by atoms with Crippen LogP contribution in [-0.2, 0) is 14.8 Å². The number of sulfonamides is 1. The van der Waals surface area contributed by atoms with Gasteiger partial charge < -0.3 is 10.1 Å². The first-order valence-electron chi connectivity index (χ1n) is 7.75. The van der Waals surface area contributed by atoms with Gasteiger partial charge in [-0.1, -0.05) is 0 Å². The van der Waals surface area contributed by atoms with E-state index in [1.165, 1.54) is 33.2 Å². The molecule has 0 saturated carbocycles. The number of hydrogen-bond donors (Lipinski definition) is 1. The Bertz CT molecular complexity index is 761. The van der Waals surface area contributed by atoms with E-state index in [1.807, 2.05) is 0 Å². The maximum absolute atomic E-state index is 12.4. The molecule has 1 unspecified atom stereocenters. The summed E-state index contributed by atoms with van der Waals surface area (Å²) >= 11 is 0. The number of amides is 1. The van der Waals surface area contributed by atoms with Gasteiger partial charge in [-0.2, -0.15) is 13.2 Å². The molecular formula is C16H23F3N2O4S. The molecule has 1 atom stereocenters. The SMILES string of the molecule is Cc1cc(C(=O)NC(C)COCC(F)(F)F)cc(S(=O)(=O)N(C)C)c1C. The number of carbonyl (C=O) groups excluding carboxylic acids is 1. The van der Waals surface area contributed by atoms with Crippen molar-refractivity contribution in [3.05, 3.63) is 28.8 Å². The molecule has 26 heavy (non-hydrogen) atoms. The van der Waals surface area contributed by atoms with E-state index in [2.05, 4.69) is 10.1 Å². The van der Waals surface area contributed by atoms with Crippen LogP contribution in [0.2, 0.25) is 0 Å². The van der Waals surface area contributed by atoms with Crippen LogP contribution >= 0.6 is 0 Å². The Labute approximate surface area is 151 Å². The fourth-order valence-electron chi connectivity index (χ4n) is 2.12. The Morgan fingerprint density at radius 1 is 1.27 bits per heavy atom. The number of halogens is 3. The smallest absolute Gasteiger partial charge is 0.370 e. The summed E-state index contributed by atoms with van der Waals surface area (Å²) in [5.74, 6) is -0.591. The van der Waals surface area contributed by atoms with Crippen molar-refractivity contribution in [1.29, 1.82) is 0 Å². The lowest BCUT2D eigenvalue weighted by atomic mass is 10.1. The molecular weight excluding hydrogens is 373 g/mol. The van der Waals surface area contributed by atoms with E-state index in [4.69, 9.17) is 0 Å². The summed E-state index contributed by atoms with van der Waals surface area (Å²) in [7, 11) is -0.970. The minimum absolute atomic E-state index is 0.00799. The third-order valence-corrected chi connectivity index (χ3v) is 5.59. The zero-order valence-electron chi connectivity index (χ0n) is 15.3. The van der Waals surface area contributed by atoms with Crippen LogP contribution in [0.5, 0.6) is 0 Å². The third-order valence-electron chi connectivity index (χ3n) is 3.65. The first-order valence-corrected chi connectivity index (χ1v) is 9.19. The van der Waals surface area contributed by atoms with Crippen molar-refractivity contribution in [2.45, 2.75) is 37.9 Å². The van der Waals surface area contributed by atoms with Crippen LogP contribution in [0.25, 0.3) is 0 Å². The topological polar surface area (TPSA) is 75.7 Å². The molecule has 0 spiro atoms. The van der Waals surface area contributed by atoms with E-state index >= 15 is 0 Å². The number of rotatable bonds is 7. The minimum atomic E-state index is -4.44. The zero-order valence-corrected chi connectivity index (χ0v) is 16.1.